The summed E-state index contributed by atoms with van der Waals surface area (Å²) in [5.41, 5.74) is 6.69. The van der Waals surface area contributed by atoms with E-state index in [9.17, 15) is 4.79 Å². The lowest BCUT2D eigenvalue weighted by Gasteiger charge is -2.07. The Kier molecular flexibility index (Phi) is 3.54. The van der Waals surface area contributed by atoms with Crippen LogP contribution < -0.4 is 11.1 Å². The fourth-order valence-electron chi connectivity index (χ4n) is 1.27. The van der Waals surface area contributed by atoms with Crippen LogP contribution in [0.1, 0.15) is 16.1 Å². The molecule has 0 spiro atoms. The SMILES string of the molecule is NC(=S)c1ccc(Cl)c(NC(=O)c2cn[nH]n2)c1. The van der Waals surface area contributed by atoms with Crippen molar-refractivity contribution in [3.63, 3.8) is 0 Å². The number of anilines is 1. The Morgan fingerprint density at radius 3 is 2.89 bits per heavy atom. The molecule has 2 rings (SSSR count). The lowest BCUT2D eigenvalue weighted by molar-refractivity contribution is 0.102. The van der Waals surface area contributed by atoms with Crippen LogP contribution in [0.25, 0.3) is 0 Å². The standard InChI is InChI=1S/C10H8ClN5OS/c11-6-2-1-5(9(12)18)3-7(6)14-10(17)8-4-13-16-15-8/h1-4H,(H2,12,18)(H,14,17)(H,13,15,16). The summed E-state index contributed by atoms with van der Waals surface area (Å²) in [6.45, 7) is 0. The van der Waals surface area contributed by atoms with Gasteiger partial charge in [0.05, 0.1) is 16.9 Å². The number of aromatic amines is 1. The van der Waals surface area contributed by atoms with Crippen LogP contribution in [0.3, 0.4) is 0 Å². The smallest absolute Gasteiger partial charge is 0.277 e. The van der Waals surface area contributed by atoms with Gasteiger partial charge in [-0.1, -0.05) is 29.9 Å². The molecule has 0 aliphatic heterocycles. The lowest BCUT2D eigenvalue weighted by atomic mass is 10.2. The topological polar surface area (TPSA) is 96.7 Å². The van der Waals surface area contributed by atoms with Crippen molar-refractivity contribution in [2.75, 3.05) is 5.32 Å². The third-order valence-electron chi connectivity index (χ3n) is 2.15. The van der Waals surface area contributed by atoms with Gasteiger partial charge >= 0.3 is 0 Å². The first-order valence-corrected chi connectivity index (χ1v) is 5.63. The summed E-state index contributed by atoms with van der Waals surface area (Å²) in [6, 6.07) is 4.88. The maximum atomic E-state index is 11.8. The summed E-state index contributed by atoms with van der Waals surface area (Å²) in [7, 11) is 0. The second-order valence-corrected chi connectivity index (χ2v) is 4.22. The fourth-order valence-corrected chi connectivity index (χ4v) is 1.56. The highest BCUT2D eigenvalue weighted by Gasteiger charge is 2.11. The third-order valence-corrected chi connectivity index (χ3v) is 2.71. The Labute approximate surface area is 113 Å². The van der Waals surface area contributed by atoms with Crippen molar-refractivity contribution in [1.29, 1.82) is 0 Å². The molecule has 92 valence electrons. The number of carbonyl (C=O) groups is 1. The lowest BCUT2D eigenvalue weighted by Crippen LogP contribution is -2.14. The molecule has 0 atom stereocenters. The molecule has 2 aromatic rings. The number of carbonyl (C=O) groups excluding carboxylic acids is 1. The number of hydrogen-bond donors (Lipinski definition) is 3. The second kappa shape index (κ2) is 5.11. The number of halogens is 1. The van der Waals surface area contributed by atoms with Gasteiger partial charge in [-0.05, 0) is 12.1 Å². The van der Waals surface area contributed by atoms with E-state index in [0.717, 1.165) is 0 Å². The summed E-state index contributed by atoms with van der Waals surface area (Å²) < 4.78 is 0. The van der Waals surface area contributed by atoms with Crippen molar-refractivity contribution < 1.29 is 4.79 Å². The maximum Gasteiger partial charge on any atom is 0.277 e. The number of thiocarbonyl (C=S) groups is 1. The van der Waals surface area contributed by atoms with Crippen LogP contribution in [0.5, 0.6) is 0 Å². The molecule has 0 fully saturated rings. The molecule has 18 heavy (non-hydrogen) atoms. The zero-order valence-electron chi connectivity index (χ0n) is 8.98. The average Bonchev–Trinajstić information content (AvgIpc) is 2.85. The number of nitrogens with zero attached hydrogens (tertiary/aromatic N) is 2. The Morgan fingerprint density at radius 2 is 2.28 bits per heavy atom. The fraction of sp³-hybridized carbons (Fsp3) is 0. The van der Waals surface area contributed by atoms with E-state index in [4.69, 9.17) is 29.6 Å². The first-order chi connectivity index (χ1) is 8.58. The number of hydrogen-bond acceptors (Lipinski definition) is 4. The number of nitrogens with two attached hydrogens (primary N) is 1. The predicted octanol–water partition coefficient (Wildman–Crippen LogP) is 1.34. The molecule has 0 radical (unpaired) electrons. The summed E-state index contributed by atoms with van der Waals surface area (Å²) in [5.74, 6) is -0.425. The van der Waals surface area contributed by atoms with E-state index in [1.165, 1.54) is 6.20 Å². The number of aromatic nitrogens is 3. The van der Waals surface area contributed by atoms with E-state index in [-0.39, 0.29) is 10.7 Å². The Bertz CT molecular complexity index is 598. The van der Waals surface area contributed by atoms with Crippen LogP contribution in [0.15, 0.2) is 24.4 Å². The second-order valence-electron chi connectivity index (χ2n) is 3.37. The highest BCUT2D eigenvalue weighted by atomic mass is 35.5. The molecule has 0 saturated carbocycles. The predicted molar refractivity (Wildman–Crippen MR) is 71.7 cm³/mol. The molecule has 6 nitrogen and oxygen atoms in total. The van der Waals surface area contributed by atoms with Crippen molar-refractivity contribution in [2.24, 2.45) is 5.73 Å². The molecule has 0 saturated heterocycles. The van der Waals surface area contributed by atoms with Crippen LogP contribution >= 0.6 is 23.8 Å². The van der Waals surface area contributed by atoms with Gasteiger partial charge in [0.15, 0.2) is 5.69 Å². The van der Waals surface area contributed by atoms with E-state index < -0.39 is 5.91 Å². The largest absolute Gasteiger partial charge is 0.389 e. The molecule has 4 N–H and O–H groups in total. The summed E-state index contributed by atoms with van der Waals surface area (Å²) in [5, 5.41) is 12.5. The molecule has 8 heteroatoms. The van der Waals surface area contributed by atoms with Gasteiger partial charge < -0.3 is 11.1 Å². The van der Waals surface area contributed by atoms with Crippen molar-refractivity contribution in [3.05, 3.63) is 40.7 Å². The van der Waals surface area contributed by atoms with Gasteiger partial charge in [-0.15, -0.1) is 0 Å². The molecule has 1 aromatic carbocycles. The maximum absolute atomic E-state index is 11.8. The quantitative estimate of drug-likeness (QED) is 0.738. The summed E-state index contributed by atoms with van der Waals surface area (Å²) >= 11 is 10.8. The molecule has 0 aliphatic rings. The van der Waals surface area contributed by atoms with Gasteiger partial charge in [-0.25, -0.2) is 0 Å². The van der Waals surface area contributed by atoms with Crippen LogP contribution in [-0.2, 0) is 0 Å². The van der Waals surface area contributed by atoms with Crippen molar-refractivity contribution in [1.82, 2.24) is 15.4 Å². The molecule has 0 aliphatic carbocycles. The Morgan fingerprint density at radius 1 is 1.50 bits per heavy atom. The van der Waals surface area contributed by atoms with E-state index in [2.05, 4.69) is 20.7 Å². The molecule has 1 heterocycles. The van der Waals surface area contributed by atoms with Gasteiger partial charge in [-0.2, -0.15) is 15.4 Å². The minimum absolute atomic E-state index is 0.159. The number of nitrogens with one attached hydrogen (secondary N) is 2. The third kappa shape index (κ3) is 2.63. The number of H-pyrrole nitrogens is 1. The molecule has 0 unspecified atom stereocenters. The zero-order valence-corrected chi connectivity index (χ0v) is 10.5. The van der Waals surface area contributed by atoms with Gasteiger partial charge in [-0.3, -0.25) is 4.79 Å². The molecular weight excluding hydrogens is 274 g/mol. The minimum Gasteiger partial charge on any atom is -0.389 e. The Balaban J connectivity index is 2.26. The van der Waals surface area contributed by atoms with Crippen LogP contribution in [0, 0.1) is 0 Å². The van der Waals surface area contributed by atoms with Gasteiger partial charge in [0, 0.05) is 5.56 Å². The zero-order chi connectivity index (χ0) is 13.1. The first-order valence-electron chi connectivity index (χ1n) is 4.84. The van der Waals surface area contributed by atoms with Gasteiger partial charge in [0.1, 0.15) is 4.99 Å². The monoisotopic (exact) mass is 281 g/mol. The van der Waals surface area contributed by atoms with E-state index in [1.807, 2.05) is 0 Å². The van der Waals surface area contributed by atoms with E-state index in [1.54, 1.807) is 18.2 Å². The minimum atomic E-state index is -0.425. The normalized spacial score (nSPS) is 10.1. The summed E-state index contributed by atoms with van der Waals surface area (Å²) in [4.78, 5) is 12.0. The Hall–Kier alpha value is -1.99. The summed E-state index contributed by atoms with van der Waals surface area (Å²) in [6.07, 6.45) is 1.31. The highest BCUT2D eigenvalue weighted by Crippen LogP contribution is 2.23. The van der Waals surface area contributed by atoms with Crippen LogP contribution in [-0.4, -0.2) is 26.3 Å². The number of benzene rings is 1. The first kappa shape index (κ1) is 12.5. The van der Waals surface area contributed by atoms with Crippen molar-refractivity contribution in [3.8, 4) is 0 Å². The number of rotatable bonds is 3. The van der Waals surface area contributed by atoms with Gasteiger partial charge in [0.25, 0.3) is 5.91 Å². The number of amides is 1. The van der Waals surface area contributed by atoms with Gasteiger partial charge in [0.2, 0.25) is 0 Å². The van der Waals surface area contributed by atoms with Crippen LogP contribution in [0.2, 0.25) is 5.02 Å². The van der Waals surface area contributed by atoms with E-state index in [0.29, 0.717) is 16.3 Å². The van der Waals surface area contributed by atoms with Crippen LogP contribution in [0.4, 0.5) is 5.69 Å². The van der Waals surface area contributed by atoms with E-state index >= 15 is 0 Å². The average molecular weight is 282 g/mol. The molecule has 0 bridgehead atoms. The van der Waals surface area contributed by atoms with Crippen molar-refractivity contribution >= 4 is 40.4 Å². The molecule has 1 aromatic heterocycles. The highest BCUT2D eigenvalue weighted by molar-refractivity contribution is 7.80. The molecular formula is C10H8ClN5OS. The van der Waals surface area contributed by atoms with Crippen molar-refractivity contribution in [2.45, 2.75) is 0 Å². The molecule has 1 amide bonds.